The quantitative estimate of drug-likeness (QED) is 0.743. The highest BCUT2D eigenvalue weighted by Gasteiger charge is 2.39. The van der Waals surface area contributed by atoms with Gasteiger partial charge in [0.25, 0.3) is 5.78 Å². The lowest BCUT2D eigenvalue weighted by molar-refractivity contribution is -0.899. The minimum atomic E-state index is -0.421. The third-order valence-corrected chi connectivity index (χ3v) is 5.50. The number of nitrogens with zero attached hydrogens (tertiary/aromatic N) is 2. The van der Waals surface area contributed by atoms with Crippen molar-refractivity contribution in [3.63, 3.8) is 0 Å². The molecular formula is C18H19BrN4O2+2. The molecule has 2 aliphatic rings. The van der Waals surface area contributed by atoms with Gasteiger partial charge in [-0.25, -0.2) is 4.98 Å². The summed E-state index contributed by atoms with van der Waals surface area (Å²) in [4.78, 5) is 32.9. The van der Waals surface area contributed by atoms with Crippen molar-refractivity contribution >= 4 is 39.0 Å². The Kier molecular flexibility index (Phi) is 4.27. The second-order valence-corrected chi connectivity index (χ2v) is 7.21. The van der Waals surface area contributed by atoms with Crippen LogP contribution in [-0.2, 0) is 4.79 Å². The van der Waals surface area contributed by atoms with Gasteiger partial charge >= 0.3 is 5.91 Å². The maximum absolute atomic E-state index is 12.4. The zero-order chi connectivity index (χ0) is 17.4. The van der Waals surface area contributed by atoms with Crippen molar-refractivity contribution in [1.29, 1.82) is 0 Å². The fourth-order valence-corrected chi connectivity index (χ4v) is 4.10. The van der Waals surface area contributed by atoms with Crippen LogP contribution in [0.4, 0.5) is 11.4 Å². The summed E-state index contributed by atoms with van der Waals surface area (Å²) in [6.45, 7) is 4.24. The first-order valence-corrected chi connectivity index (χ1v) is 9.14. The van der Waals surface area contributed by atoms with Crippen LogP contribution in [0.15, 0.2) is 47.2 Å². The minimum Gasteiger partial charge on any atom is -0.360 e. The molecule has 128 valence electrons. The number of hydrogen-bond acceptors (Lipinski definition) is 3. The van der Waals surface area contributed by atoms with Crippen LogP contribution >= 0.6 is 15.9 Å². The average molecular weight is 403 g/mol. The van der Waals surface area contributed by atoms with Gasteiger partial charge in [-0.15, -0.1) is 0 Å². The van der Waals surface area contributed by atoms with Crippen molar-refractivity contribution in [2.24, 2.45) is 0 Å². The molecule has 4 rings (SSSR count). The molecule has 2 aromatic rings. The number of hydrogen-bond donors (Lipinski definition) is 1. The van der Waals surface area contributed by atoms with Crippen LogP contribution in [0, 0.1) is 0 Å². The molecule has 2 N–H and O–H groups in total. The molecule has 0 atom stereocenters. The van der Waals surface area contributed by atoms with Gasteiger partial charge in [-0.3, -0.25) is 14.5 Å². The number of aromatic nitrogens is 1. The SMILES string of the molecule is O=C1C(=O)N(C[NH+]2CCN(c3cc[nH+]cc3)CC2)c2c(Br)cccc21. The van der Waals surface area contributed by atoms with Crippen LogP contribution in [0.2, 0.25) is 0 Å². The van der Waals surface area contributed by atoms with Crippen LogP contribution in [0.1, 0.15) is 10.4 Å². The number of ketones is 1. The molecule has 1 aromatic carbocycles. The predicted molar refractivity (Wildman–Crippen MR) is 96.7 cm³/mol. The Morgan fingerprint density at radius 1 is 1.08 bits per heavy atom. The number of piperazine rings is 1. The van der Waals surface area contributed by atoms with Crippen LogP contribution in [-0.4, -0.2) is 44.5 Å². The van der Waals surface area contributed by atoms with Crippen LogP contribution < -0.4 is 19.7 Å². The second kappa shape index (κ2) is 6.57. The lowest BCUT2D eigenvalue weighted by Crippen LogP contribution is -3.16. The van der Waals surface area contributed by atoms with Crippen molar-refractivity contribution < 1.29 is 19.5 Å². The van der Waals surface area contributed by atoms with Gasteiger partial charge in [0, 0.05) is 22.3 Å². The number of benzene rings is 1. The van der Waals surface area contributed by atoms with Crippen LogP contribution in [0.3, 0.4) is 0 Å². The van der Waals surface area contributed by atoms with E-state index in [9.17, 15) is 9.59 Å². The molecule has 0 bridgehead atoms. The number of pyridine rings is 1. The van der Waals surface area contributed by atoms with Crippen LogP contribution in [0.25, 0.3) is 0 Å². The molecule has 1 fully saturated rings. The largest absolute Gasteiger partial charge is 0.360 e. The number of amides is 1. The number of halogens is 1. The van der Waals surface area contributed by atoms with E-state index in [1.54, 1.807) is 17.0 Å². The molecule has 7 heteroatoms. The monoisotopic (exact) mass is 402 g/mol. The highest BCUT2D eigenvalue weighted by molar-refractivity contribution is 9.10. The molecule has 0 aliphatic carbocycles. The number of rotatable bonds is 3. The van der Waals surface area contributed by atoms with Crippen molar-refractivity contribution in [1.82, 2.24) is 0 Å². The van der Waals surface area contributed by atoms with Gasteiger partial charge in [-0.05, 0) is 28.1 Å². The predicted octanol–water partition coefficient (Wildman–Crippen LogP) is 0.155. The minimum absolute atomic E-state index is 0.408. The summed E-state index contributed by atoms with van der Waals surface area (Å²) < 4.78 is 0.794. The topological polar surface area (TPSA) is 59.2 Å². The average Bonchev–Trinajstić information content (AvgIpc) is 2.89. The summed E-state index contributed by atoms with van der Waals surface area (Å²) in [5.41, 5.74) is 2.42. The number of anilines is 2. The maximum atomic E-state index is 12.4. The van der Waals surface area contributed by atoms with E-state index in [1.807, 2.05) is 18.5 Å². The van der Waals surface area contributed by atoms with E-state index in [2.05, 4.69) is 37.9 Å². The lowest BCUT2D eigenvalue weighted by atomic mass is 10.1. The molecule has 25 heavy (non-hydrogen) atoms. The highest BCUT2D eigenvalue weighted by Crippen LogP contribution is 2.35. The van der Waals surface area contributed by atoms with Gasteiger partial charge in [0.1, 0.15) is 0 Å². The Hall–Kier alpha value is -2.25. The normalized spacial score (nSPS) is 18.0. The van der Waals surface area contributed by atoms with Crippen molar-refractivity contribution in [3.05, 3.63) is 52.8 Å². The summed E-state index contributed by atoms with van der Waals surface area (Å²) in [5.74, 6) is -0.828. The first-order valence-electron chi connectivity index (χ1n) is 8.34. The number of para-hydroxylation sites is 1. The first-order chi connectivity index (χ1) is 12.1. The number of nitrogens with one attached hydrogen (secondary N) is 2. The summed E-state index contributed by atoms with van der Waals surface area (Å²) >= 11 is 3.48. The lowest BCUT2D eigenvalue weighted by Gasteiger charge is -2.35. The summed E-state index contributed by atoms with van der Waals surface area (Å²) in [6, 6.07) is 9.53. The third-order valence-electron chi connectivity index (χ3n) is 4.86. The fraction of sp³-hybridized carbons (Fsp3) is 0.278. The van der Waals surface area contributed by atoms with E-state index < -0.39 is 11.7 Å². The van der Waals surface area contributed by atoms with Crippen LogP contribution in [0.5, 0.6) is 0 Å². The summed E-state index contributed by atoms with van der Waals surface area (Å²) in [7, 11) is 0. The van der Waals surface area contributed by atoms with Gasteiger partial charge in [-0.1, -0.05) is 6.07 Å². The second-order valence-electron chi connectivity index (χ2n) is 6.35. The molecule has 0 radical (unpaired) electrons. The molecule has 1 aromatic heterocycles. The Bertz CT molecular complexity index is 819. The molecule has 0 saturated carbocycles. The molecule has 0 spiro atoms. The highest BCUT2D eigenvalue weighted by atomic mass is 79.9. The number of quaternary nitrogens is 1. The molecule has 0 unspecified atom stereocenters. The van der Waals surface area contributed by atoms with Gasteiger partial charge in [0.05, 0.1) is 37.4 Å². The van der Waals surface area contributed by atoms with Gasteiger partial charge in [-0.2, -0.15) is 0 Å². The van der Waals surface area contributed by atoms with E-state index in [0.717, 1.165) is 30.7 Å². The van der Waals surface area contributed by atoms with E-state index in [-0.39, 0.29) is 0 Å². The van der Waals surface area contributed by atoms with E-state index in [1.165, 1.54) is 10.6 Å². The number of carbonyl (C=O) groups excluding carboxylic acids is 2. The van der Waals surface area contributed by atoms with Gasteiger partial charge in [0.2, 0.25) is 0 Å². The molecule has 1 saturated heterocycles. The zero-order valence-electron chi connectivity index (χ0n) is 13.7. The Labute approximate surface area is 154 Å². The number of carbonyl (C=O) groups is 2. The molecular weight excluding hydrogens is 384 g/mol. The van der Waals surface area contributed by atoms with Gasteiger partial charge < -0.3 is 9.80 Å². The van der Waals surface area contributed by atoms with Crippen molar-refractivity contribution in [2.45, 2.75) is 0 Å². The summed E-state index contributed by atoms with van der Waals surface area (Å²) in [5, 5.41) is 0. The number of aromatic amines is 1. The Morgan fingerprint density at radius 3 is 2.52 bits per heavy atom. The van der Waals surface area contributed by atoms with Gasteiger partial charge in [0.15, 0.2) is 19.1 Å². The molecule has 1 amide bonds. The van der Waals surface area contributed by atoms with Crippen molar-refractivity contribution in [2.75, 3.05) is 42.6 Å². The van der Waals surface area contributed by atoms with E-state index in [0.29, 0.717) is 17.9 Å². The number of fused-ring (bicyclic) bond motifs is 1. The molecule has 6 nitrogen and oxygen atoms in total. The van der Waals surface area contributed by atoms with E-state index >= 15 is 0 Å². The Balaban J connectivity index is 1.46. The zero-order valence-corrected chi connectivity index (χ0v) is 15.3. The Morgan fingerprint density at radius 2 is 1.80 bits per heavy atom. The standard InChI is InChI=1S/C18H17BrN4O2/c19-15-3-1-2-14-16(15)23(18(25)17(14)24)12-21-8-10-22(11-9-21)13-4-6-20-7-5-13/h1-7H,8-12H2/p+2. The number of Topliss-reactive ketones (excluding diaryl/α,β-unsaturated/α-hetero) is 1. The molecule has 2 aliphatic heterocycles. The molecule has 3 heterocycles. The smallest absolute Gasteiger partial charge is 0.303 e. The summed E-state index contributed by atoms with van der Waals surface area (Å²) in [6.07, 6.45) is 3.86. The fourth-order valence-electron chi connectivity index (χ4n) is 3.51. The first kappa shape index (κ1) is 16.2. The van der Waals surface area contributed by atoms with Crippen molar-refractivity contribution in [3.8, 4) is 0 Å². The maximum Gasteiger partial charge on any atom is 0.303 e. The van der Waals surface area contributed by atoms with E-state index in [4.69, 9.17) is 0 Å². The number of H-pyrrole nitrogens is 1. The third kappa shape index (κ3) is 2.94.